The van der Waals surface area contributed by atoms with Gasteiger partial charge in [-0.3, -0.25) is 4.79 Å². The number of aromatic nitrogens is 4. The van der Waals surface area contributed by atoms with Gasteiger partial charge in [0.05, 0.1) is 11.7 Å². The fourth-order valence-electron chi connectivity index (χ4n) is 3.08. The van der Waals surface area contributed by atoms with Gasteiger partial charge in [0.15, 0.2) is 23.6 Å². The third-order valence-corrected chi connectivity index (χ3v) is 4.51. The van der Waals surface area contributed by atoms with Crippen molar-refractivity contribution >= 4 is 33.7 Å². The molecule has 5 rings (SSSR count). The van der Waals surface area contributed by atoms with Crippen LogP contribution in [0.1, 0.15) is 15.9 Å². The molecular formula is C21H12N6O2. The van der Waals surface area contributed by atoms with Crippen LogP contribution < -0.4 is 5.32 Å². The molecular weight excluding hydrogens is 368 g/mol. The minimum Gasteiger partial charge on any atom is -0.443 e. The number of rotatable bonds is 3. The number of nitrogens with one attached hydrogen (secondary N) is 1. The first-order valence-electron chi connectivity index (χ1n) is 8.72. The molecule has 0 atom stereocenters. The molecule has 5 aromatic rings. The van der Waals surface area contributed by atoms with Crippen LogP contribution in [0.15, 0.2) is 71.6 Å². The van der Waals surface area contributed by atoms with Crippen LogP contribution in [-0.2, 0) is 0 Å². The van der Waals surface area contributed by atoms with Crippen molar-refractivity contribution in [2.45, 2.75) is 0 Å². The van der Waals surface area contributed by atoms with Gasteiger partial charge in [0.2, 0.25) is 0 Å². The van der Waals surface area contributed by atoms with Gasteiger partial charge in [0.25, 0.3) is 5.91 Å². The molecule has 1 N–H and O–H groups in total. The molecule has 1 amide bonds. The van der Waals surface area contributed by atoms with Crippen molar-refractivity contribution in [2.24, 2.45) is 0 Å². The summed E-state index contributed by atoms with van der Waals surface area (Å²) in [5.74, 6) is 0.349. The summed E-state index contributed by atoms with van der Waals surface area (Å²) >= 11 is 0. The number of fused-ring (bicyclic) bond motifs is 2. The summed E-state index contributed by atoms with van der Waals surface area (Å²) in [5, 5.41) is 17.4. The highest BCUT2D eigenvalue weighted by Crippen LogP contribution is 2.22. The standard InChI is InChI=1S/C21H12N6O2/c22-10-15-11-24-27(19-8-6-13-3-1-2-4-16(13)25-19)20(15)26-21(28)14-5-7-18-17(9-14)23-12-29-18/h1-9,11-12H,(H,26,28). The molecule has 8 nitrogen and oxygen atoms in total. The fraction of sp³-hybridized carbons (Fsp3) is 0. The summed E-state index contributed by atoms with van der Waals surface area (Å²) in [6, 6.07) is 18.3. The molecule has 3 heterocycles. The number of benzene rings is 2. The molecule has 0 fully saturated rings. The Morgan fingerprint density at radius 3 is 2.90 bits per heavy atom. The van der Waals surface area contributed by atoms with Crippen LogP contribution in [0, 0.1) is 11.3 Å². The summed E-state index contributed by atoms with van der Waals surface area (Å²) in [6.07, 6.45) is 2.72. The predicted octanol–water partition coefficient (Wildman–Crippen LogP) is 3.69. The molecule has 0 aliphatic heterocycles. The summed E-state index contributed by atoms with van der Waals surface area (Å²) in [7, 11) is 0. The number of oxazole rings is 1. The lowest BCUT2D eigenvalue weighted by atomic mass is 10.2. The van der Waals surface area contributed by atoms with Crippen molar-refractivity contribution in [2.75, 3.05) is 5.32 Å². The highest BCUT2D eigenvalue weighted by molar-refractivity contribution is 6.06. The monoisotopic (exact) mass is 380 g/mol. The molecule has 0 aliphatic rings. The van der Waals surface area contributed by atoms with Crippen molar-refractivity contribution in [3.63, 3.8) is 0 Å². The van der Waals surface area contributed by atoms with Crippen molar-refractivity contribution in [1.29, 1.82) is 5.26 Å². The maximum Gasteiger partial charge on any atom is 0.256 e. The summed E-state index contributed by atoms with van der Waals surface area (Å²) < 4.78 is 6.64. The summed E-state index contributed by atoms with van der Waals surface area (Å²) in [6.45, 7) is 0. The Bertz CT molecular complexity index is 1430. The van der Waals surface area contributed by atoms with Gasteiger partial charge >= 0.3 is 0 Å². The zero-order valence-corrected chi connectivity index (χ0v) is 14.9. The van der Waals surface area contributed by atoms with Gasteiger partial charge in [-0.2, -0.15) is 15.0 Å². The second kappa shape index (κ2) is 6.58. The molecule has 0 aliphatic carbocycles. The maximum atomic E-state index is 12.8. The fourth-order valence-corrected chi connectivity index (χ4v) is 3.08. The van der Waals surface area contributed by atoms with E-state index in [9.17, 15) is 10.1 Å². The van der Waals surface area contributed by atoms with Gasteiger partial charge in [-0.05, 0) is 36.4 Å². The first-order valence-corrected chi connectivity index (χ1v) is 8.72. The Morgan fingerprint density at radius 2 is 2.00 bits per heavy atom. The first-order chi connectivity index (χ1) is 14.2. The Morgan fingerprint density at radius 1 is 1.10 bits per heavy atom. The molecule has 8 heteroatoms. The maximum absolute atomic E-state index is 12.8. The average molecular weight is 380 g/mol. The SMILES string of the molecule is N#Cc1cnn(-c2ccc3ccccc3n2)c1NC(=O)c1ccc2ocnc2c1. The van der Waals surface area contributed by atoms with E-state index in [4.69, 9.17) is 4.42 Å². The van der Waals surface area contributed by atoms with Gasteiger partial charge < -0.3 is 9.73 Å². The van der Waals surface area contributed by atoms with Gasteiger partial charge in [-0.25, -0.2) is 9.97 Å². The third kappa shape index (κ3) is 2.87. The third-order valence-electron chi connectivity index (χ3n) is 4.51. The quantitative estimate of drug-likeness (QED) is 0.511. The molecule has 29 heavy (non-hydrogen) atoms. The average Bonchev–Trinajstić information content (AvgIpc) is 3.39. The zero-order valence-electron chi connectivity index (χ0n) is 14.9. The summed E-state index contributed by atoms with van der Waals surface area (Å²) in [4.78, 5) is 21.4. The van der Waals surface area contributed by atoms with Crippen LogP contribution in [0.3, 0.4) is 0 Å². The van der Waals surface area contributed by atoms with Crippen LogP contribution in [0.4, 0.5) is 5.82 Å². The van der Waals surface area contributed by atoms with Crippen LogP contribution >= 0.6 is 0 Å². The molecule has 0 bridgehead atoms. The van der Waals surface area contributed by atoms with Gasteiger partial charge in [0.1, 0.15) is 17.1 Å². The number of pyridine rings is 1. The Balaban J connectivity index is 1.54. The molecule has 0 spiro atoms. The summed E-state index contributed by atoms with van der Waals surface area (Å²) in [5.41, 5.74) is 2.56. The Hall–Kier alpha value is -4.51. The van der Waals surface area contributed by atoms with E-state index >= 15 is 0 Å². The molecule has 2 aromatic carbocycles. The number of hydrogen-bond acceptors (Lipinski definition) is 6. The number of amides is 1. The minimum absolute atomic E-state index is 0.232. The van der Waals surface area contributed by atoms with Crippen molar-refractivity contribution in [3.8, 4) is 11.9 Å². The van der Waals surface area contributed by atoms with E-state index in [1.165, 1.54) is 17.3 Å². The lowest BCUT2D eigenvalue weighted by molar-refractivity contribution is 0.102. The second-order valence-corrected chi connectivity index (χ2v) is 6.28. The van der Waals surface area contributed by atoms with Gasteiger partial charge in [-0.1, -0.05) is 18.2 Å². The lowest BCUT2D eigenvalue weighted by Crippen LogP contribution is -2.16. The number of nitriles is 1. The van der Waals surface area contributed by atoms with E-state index in [1.807, 2.05) is 30.3 Å². The lowest BCUT2D eigenvalue weighted by Gasteiger charge is -2.10. The van der Waals surface area contributed by atoms with Gasteiger partial charge in [0, 0.05) is 10.9 Å². The van der Waals surface area contributed by atoms with Crippen LogP contribution in [0.2, 0.25) is 0 Å². The van der Waals surface area contributed by atoms with E-state index < -0.39 is 5.91 Å². The highest BCUT2D eigenvalue weighted by atomic mass is 16.3. The molecule has 0 radical (unpaired) electrons. The number of para-hydroxylation sites is 1. The Kier molecular flexibility index (Phi) is 3.78. The van der Waals surface area contributed by atoms with Crippen LogP contribution in [-0.4, -0.2) is 25.7 Å². The topological polar surface area (TPSA) is 110 Å². The molecule has 0 saturated heterocycles. The van der Waals surface area contributed by atoms with E-state index in [1.54, 1.807) is 24.3 Å². The molecule has 0 saturated carbocycles. The van der Waals surface area contributed by atoms with Crippen molar-refractivity contribution in [3.05, 3.63) is 78.3 Å². The zero-order chi connectivity index (χ0) is 19.8. The van der Waals surface area contributed by atoms with E-state index in [0.29, 0.717) is 22.5 Å². The van der Waals surface area contributed by atoms with E-state index in [0.717, 1.165) is 10.9 Å². The van der Waals surface area contributed by atoms with E-state index in [-0.39, 0.29) is 11.4 Å². The smallest absolute Gasteiger partial charge is 0.256 e. The number of carbonyl (C=O) groups excluding carboxylic acids is 1. The molecule has 3 aromatic heterocycles. The Labute approximate surface area is 164 Å². The second-order valence-electron chi connectivity index (χ2n) is 6.28. The van der Waals surface area contributed by atoms with E-state index in [2.05, 4.69) is 26.5 Å². The predicted molar refractivity (Wildman–Crippen MR) is 106 cm³/mol. The number of nitrogens with zero attached hydrogens (tertiary/aromatic N) is 5. The largest absolute Gasteiger partial charge is 0.443 e. The van der Waals surface area contributed by atoms with Crippen molar-refractivity contribution < 1.29 is 9.21 Å². The number of hydrogen-bond donors (Lipinski definition) is 1. The number of anilines is 1. The first kappa shape index (κ1) is 16.6. The molecule has 0 unspecified atom stereocenters. The normalized spacial score (nSPS) is 10.9. The van der Waals surface area contributed by atoms with Crippen molar-refractivity contribution in [1.82, 2.24) is 19.7 Å². The van der Waals surface area contributed by atoms with Crippen LogP contribution in [0.25, 0.3) is 27.8 Å². The minimum atomic E-state index is -0.395. The molecule has 138 valence electrons. The highest BCUT2D eigenvalue weighted by Gasteiger charge is 2.18. The van der Waals surface area contributed by atoms with Crippen LogP contribution in [0.5, 0.6) is 0 Å². The number of carbonyl (C=O) groups is 1. The van der Waals surface area contributed by atoms with Gasteiger partial charge in [-0.15, -0.1) is 0 Å².